The van der Waals surface area contributed by atoms with Crippen LogP contribution in [0.4, 0.5) is 4.39 Å². The van der Waals surface area contributed by atoms with E-state index < -0.39 is 0 Å². The highest BCUT2D eigenvalue weighted by atomic mass is 19.1. The Balaban J connectivity index is 1.40. The van der Waals surface area contributed by atoms with Crippen LogP contribution in [0.5, 0.6) is 0 Å². The molecule has 1 aliphatic rings. The van der Waals surface area contributed by atoms with E-state index in [0.29, 0.717) is 22.9 Å². The third-order valence-electron chi connectivity index (χ3n) is 5.80. The predicted molar refractivity (Wildman–Crippen MR) is 113 cm³/mol. The van der Waals surface area contributed by atoms with Gasteiger partial charge >= 0.3 is 0 Å². The Hall–Kier alpha value is -2.98. The highest BCUT2D eigenvalue weighted by Crippen LogP contribution is 2.30. The number of furan rings is 1. The number of nitrogens with zero attached hydrogens (tertiary/aromatic N) is 2. The van der Waals surface area contributed by atoms with Gasteiger partial charge in [-0.05, 0) is 48.7 Å². The van der Waals surface area contributed by atoms with Crippen molar-refractivity contribution in [3.05, 3.63) is 89.4 Å². The number of hydrogen-bond donors (Lipinski definition) is 0. The van der Waals surface area contributed by atoms with Crippen molar-refractivity contribution >= 4 is 11.1 Å². The number of likely N-dealkylation sites (tertiary alicyclic amines) is 1. The van der Waals surface area contributed by atoms with Crippen molar-refractivity contribution in [2.45, 2.75) is 32.4 Å². The van der Waals surface area contributed by atoms with Crippen LogP contribution in [0.2, 0.25) is 0 Å². The first-order valence-corrected chi connectivity index (χ1v) is 10.1. The summed E-state index contributed by atoms with van der Waals surface area (Å²) in [5, 5.41) is 0. The Morgan fingerprint density at radius 1 is 1.03 bits per heavy atom. The van der Waals surface area contributed by atoms with Gasteiger partial charge in [0.15, 0.2) is 5.58 Å². The van der Waals surface area contributed by atoms with Crippen molar-refractivity contribution in [2.75, 3.05) is 6.54 Å². The molecular weight excluding hydrogens is 363 g/mol. The highest BCUT2D eigenvalue weighted by Gasteiger charge is 2.23. The minimum atomic E-state index is -0.251. The second kappa shape index (κ2) is 7.45. The molecule has 2 aromatic heterocycles. The Labute approximate surface area is 169 Å². The fourth-order valence-corrected chi connectivity index (χ4v) is 3.90. The van der Waals surface area contributed by atoms with Crippen LogP contribution in [0, 0.1) is 5.82 Å². The number of benzene rings is 2. The summed E-state index contributed by atoms with van der Waals surface area (Å²) in [6.45, 7) is 4.09. The average molecular weight is 386 g/mol. The van der Waals surface area contributed by atoms with E-state index in [0.717, 1.165) is 36.3 Å². The number of hydrogen-bond acceptors (Lipinski definition) is 3. The van der Waals surface area contributed by atoms with Gasteiger partial charge in [0.05, 0.1) is 5.56 Å². The van der Waals surface area contributed by atoms with Crippen molar-refractivity contribution in [1.82, 2.24) is 9.88 Å². The van der Waals surface area contributed by atoms with Crippen LogP contribution in [0.1, 0.15) is 30.2 Å². The zero-order valence-electron chi connectivity index (χ0n) is 16.4. The van der Waals surface area contributed by atoms with Crippen LogP contribution >= 0.6 is 0 Å². The number of fused-ring (bicyclic) bond motifs is 1. The zero-order chi connectivity index (χ0) is 19.8. The quantitative estimate of drug-likeness (QED) is 0.433. The average Bonchev–Trinajstić information content (AvgIpc) is 3.15. The van der Waals surface area contributed by atoms with E-state index in [1.165, 1.54) is 12.0 Å². The summed E-state index contributed by atoms with van der Waals surface area (Å²) >= 11 is 0. The molecular formula is C25H23FN2O. The highest BCUT2D eigenvalue weighted by molar-refractivity contribution is 5.79. The molecule has 0 aliphatic carbocycles. The monoisotopic (exact) mass is 386 g/mol. The summed E-state index contributed by atoms with van der Waals surface area (Å²) in [5.74, 6) is 0.268. The topological polar surface area (TPSA) is 29.3 Å². The molecule has 146 valence electrons. The van der Waals surface area contributed by atoms with E-state index in [2.05, 4.69) is 24.0 Å². The van der Waals surface area contributed by atoms with Crippen LogP contribution < -0.4 is 0 Å². The number of pyridine rings is 1. The molecule has 3 heterocycles. The molecule has 29 heavy (non-hydrogen) atoms. The predicted octanol–water partition coefficient (Wildman–Crippen LogP) is 5.82. The lowest BCUT2D eigenvalue weighted by Crippen LogP contribution is -2.44. The van der Waals surface area contributed by atoms with E-state index in [-0.39, 0.29) is 5.82 Å². The molecule has 4 aromatic rings. The van der Waals surface area contributed by atoms with Crippen LogP contribution in [-0.2, 0) is 13.0 Å². The normalized spacial score (nSPS) is 16.8. The van der Waals surface area contributed by atoms with E-state index in [1.807, 2.05) is 48.5 Å². The van der Waals surface area contributed by atoms with Crippen molar-refractivity contribution in [3.8, 4) is 11.3 Å². The molecule has 2 aromatic carbocycles. The van der Waals surface area contributed by atoms with Gasteiger partial charge in [0.2, 0.25) is 0 Å². The molecule has 0 amide bonds. The lowest BCUT2D eigenvalue weighted by molar-refractivity contribution is 0.0958. The maximum absolute atomic E-state index is 14.8. The van der Waals surface area contributed by atoms with Gasteiger partial charge in [-0.1, -0.05) is 36.4 Å². The van der Waals surface area contributed by atoms with Crippen molar-refractivity contribution < 1.29 is 8.81 Å². The third kappa shape index (κ3) is 3.68. The molecule has 1 unspecified atom stereocenters. The lowest BCUT2D eigenvalue weighted by Gasteiger charge is -2.38. The van der Waals surface area contributed by atoms with Gasteiger partial charge in [0, 0.05) is 37.3 Å². The first-order valence-electron chi connectivity index (χ1n) is 10.1. The Kier molecular flexibility index (Phi) is 4.64. The summed E-state index contributed by atoms with van der Waals surface area (Å²) in [5.41, 5.74) is 5.09. The molecule has 0 radical (unpaired) electrons. The summed E-state index contributed by atoms with van der Waals surface area (Å²) in [4.78, 5) is 7.06. The molecule has 3 nitrogen and oxygen atoms in total. The minimum absolute atomic E-state index is 0.251. The first kappa shape index (κ1) is 18.1. The van der Waals surface area contributed by atoms with E-state index in [4.69, 9.17) is 9.40 Å². The maximum atomic E-state index is 14.8. The summed E-state index contributed by atoms with van der Waals surface area (Å²) in [7, 11) is 0. The number of rotatable bonds is 5. The van der Waals surface area contributed by atoms with Gasteiger partial charge in [0.25, 0.3) is 0 Å². The fraction of sp³-hybridized carbons (Fsp3) is 0.240. The summed E-state index contributed by atoms with van der Waals surface area (Å²) < 4.78 is 20.7. The number of aromatic nitrogens is 1. The zero-order valence-corrected chi connectivity index (χ0v) is 16.4. The Morgan fingerprint density at radius 2 is 1.90 bits per heavy atom. The molecule has 1 saturated heterocycles. The van der Waals surface area contributed by atoms with Crippen molar-refractivity contribution in [3.63, 3.8) is 0 Å². The SMILES string of the molecule is CC1CCN1Cc1ccc(-c2cc3nc(Cc4ccccc4)ccc3o2)c(F)c1. The minimum Gasteiger partial charge on any atom is -0.454 e. The van der Waals surface area contributed by atoms with Gasteiger partial charge in [-0.25, -0.2) is 9.37 Å². The third-order valence-corrected chi connectivity index (χ3v) is 5.80. The van der Waals surface area contributed by atoms with E-state index in [1.54, 1.807) is 6.07 Å². The maximum Gasteiger partial charge on any atom is 0.153 e. The molecule has 0 saturated carbocycles. The second-order valence-electron chi connectivity index (χ2n) is 7.88. The van der Waals surface area contributed by atoms with Gasteiger partial charge in [-0.2, -0.15) is 0 Å². The molecule has 0 spiro atoms. The van der Waals surface area contributed by atoms with Gasteiger partial charge in [-0.15, -0.1) is 0 Å². The molecule has 4 heteroatoms. The smallest absolute Gasteiger partial charge is 0.153 e. The molecule has 0 bridgehead atoms. The summed E-state index contributed by atoms with van der Waals surface area (Å²) in [6.07, 6.45) is 1.98. The van der Waals surface area contributed by atoms with E-state index in [9.17, 15) is 4.39 Å². The first-order chi connectivity index (χ1) is 14.2. The lowest BCUT2D eigenvalue weighted by atomic mass is 10.0. The van der Waals surface area contributed by atoms with Crippen molar-refractivity contribution in [2.24, 2.45) is 0 Å². The standard InChI is InChI=1S/C25H23FN2O/c1-17-11-12-28(17)16-19-7-9-21(22(26)14-19)25-15-23-24(29-25)10-8-20(27-23)13-18-5-3-2-4-6-18/h2-10,14-15,17H,11-13,16H2,1H3. The Bertz CT molecular complexity index is 1150. The molecule has 1 aliphatic heterocycles. The largest absolute Gasteiger partial charge is 0.454 e. The van der Waals surface area contributed by atoms with Gasteiger partial charge in [-0.3, -0.25) is 4.90 Å². The fourth-order valence-electron chi connectivity index (χ4n) is 3.90. The van der Waals surface area contributed by atoms with Crippen LogP contribution in [0.15, 0.2) is 71.1 Å². The van der Waals surface area contributed by atoms with Crippen molar-refractivity contribution in [1.29, 1.82) is 0 Å². The second-order valence-corrected chi connectivity index (χ2v) is 7.88. The van der Waals surface area contributed by atoms with Gasteiger partial charge < -0.3 is 4.42 Å². The molecule has 0 N–H and O–H groups in total. The number of halogens is 1. The molecule has 1 atom stereocenters. The molecule has 5 rings (SSSR count). The Morgan fingerprint density at radius 3 is 2.62 bits per heavy atom. The van der Waals surface area contributed by atoms with E-state index >= 15 is 0 Å². The van der Waals surface area contributed by atoms with Crippen LogP contribution in [-0.4, -0.2) is 22.5 Å². The van der Waals surface area contributed by atoms with Gasteiger partial charge in [0.1, 0.15) is 17.1 Å². The van der Waals surface area contributed by atoms with Crippen LogP contribution in [0.25, 0.3) is 22.4 Å². The summed E-state index contributed by atoms with van der Waals surface area (Å²) in [6, 6.07) is 22.0. The van der Waals surface area contributed by atoms with Crippen LogP contribution in [0.3, 0.4) is 0 Å². The molecule has 1 fully saturated rings.